The molecular formula is C20H23NO4. The van der Waals surface area contributed by atoms with Crippen LogP contribution in [0.4, 0.5) is 0 Å². The Bertz CT molecular complexity index is 658. The first-order valence-corrected chi connectivity index (χ1v) is 8.33. The van der Waals surface area contributed by atoms with Crippen molar-refractivity contribution in [2.75, 3.05) is 6.61 Å². The van der Waals surface area contributed by atoms with E-state index in [0.29, 0.717) is 26.1 Å². The Hall–Kier alpha value is -2.66. The number of hydrogen-bond acceptors (Lipinski definition) is 3. The van der Waals surface area contributed by atoms with Crippen molar-refractivity contribution >= 4 is 11.9 Å². The fourth-order valence-corrected chi connectivity index (χ4v) is 2.48. The predicted octanol–water partition coefficient (Wildman–Crippen LogP) is 3.32. The Morgan fingerprint density at radius 2 is 1.64 bits per heavy atom. The van der Waals surface area contributed by atoms with E-state index in [9.17, 15) is 9.59 Å². The first-order chi connectivity index (χ1) is 12.1. The van der Waals surface area contributed by atoms with Crippen LogP contribution in [0.3, 0.4) is 0 Å². The zero-order valence-corrected chi connectivity index (χ0v) is 14.1. The predicted molar refractivity (Wildman–Crippen MR) is 94.9 cm³/mol. The lowest BCUT2D eigenvalue weighted by Gasteiger charge is -2.17. The first kappa shape index (κ1) is 18.7. The number of carbonyl (C=O) groups excluding carboxylic acids is 1. The molecule has 0 aliphatic heterocycles. The summed E-state index contributed by atoms with van der Waals surface area (Å²) in [6.07, 6.45) is 0.755. The SMILES string of the molecule is O=C(O)CC(NC(=O)CCCOCc1ccccc1)c1ccccc1. The third-order valence-electron chi connectivity index (χ3n) is 3.72. The van der Waals surface area contributed by atoms with Crippen LogP contribution in [0.15, 0.2) is 60.7 Å². The number of carboxylic acid groups (broad SMARTS) is 1. The summed E-state index contributed by atoms with van der Waals surface area (Å²) in [6, 6.07) is 18.5. The summed E-state index contributed by atoms with van der Waals surface area (Å²) in [4.78, 5) is 23.1. The molecule has 1 atom stereocenters. The standard InChI is InChI=1S/C20H23NO4/c22-19(12-7-13-25-15-16-8-3-1-4-9-16)21-18(14-20(23)24)17-10-5-2-6-11-17/h1-6,8-11,18H,7,12-15H2,(H,21,22)(H,23,24). The highest BCUT2D eigenvalue weighted by atomic mass is 16.5. The van der Waals surface area contributed by atoms with E-state index in [-0.39, 0.29) is 12.3 Å². The van der Waals surface area contributed by atoms with Crippen LogP contribution in [0, 0.1) is 0 Å². The molecule has 1 unspecified atom stereocenters. The lowest BCUT2D eigenvalue weighted by atomic mass is 10.0. The van der Waals surface area contributed by atoms with Crippen molar-refractivity contribution in [1.82, 2.24) is 5.32 Å². The third kappa shape index (κ3) is 7.18. The van der Waals surface area contributed by atoms with Crippen LogP contribution in [-0.2, 0) is 20.9 Å². The van der Waals surface area contributed by atoms with Crippen molar-refractivity contribution in [1.29, 1.82) is 0 Å². The molecule has 132 valence electrons. The number of nitrogens with one attached hydrogen (secondary N) is 1. The molecule has 0 spiro atoms. The van der Waals surface area contributed by atoms with Crippen LogP contribution in [0.25, 0.3) is 0 Å². The molecule has 0 aromatic heterocycles. The van der Waals surface area contributed by atoms with Gasteiger partial charge in [-0.3, -0.25) is 9.59 Å². The molecule has 5 nitrogen and oxygen atoms in total. The molecule has 0 saturated carbocycles. The van der Waals surface area contributed by atoms with Gasteiger partial charge in [-0.2, -0.15) is 0 Å². The lowest BCUT2D eigenvalue weighted by molar-refractivity contribution is -0.137. The van der Waals surface area contributed by atoms with Gasteiger partial charge in [0.1, 0.15) is 0 Å². The highest BCUT2D eigenvalue weighted by Gasteiger charge is 2.17. The highest BCUT2D eigenvalue weighted by Crippen LogP contribution is 2.16. The van der Waals surface area contributed by atoms with Crippen LogP contribution in [0.1, 0.15) is 36.4 Å². The fraction of sp³-hybridized carbons (Fsp3) is 0.300. The Labute approximate surface area is 147 Å². The molecule has 5 heteroatoms. The zero-order valence-electron chi connectivity index (χ0n) is 14.1. The molecule has 2 N–H and O–H groups in total. The Balaban J connectivity index is 1.72. The minimum Gasteiger partial charge on any atom is -0.481 e. The molecule has 1 amide bonds. The minimum atomic E-state index is -0.944. The van der Waals surface area contributed by atoms with E-state index < -0.39 is 12.0 Å². The van der Waals surface area contributed by atoms with E-state index in [4.69, 9.17) is 9.84 Å². The molecule has 0 bridgehead atoms. The molecule has 2 aromatic carbocycles. The third-order valence-corrected chi connectivity index (χ3v) is 3.72. The van der Waals surface area contributed by atoms with Gasteiger partial charge in [-0.25, -0.2) is 0 Å². The molecule has 2 aromatic rings. The molecule has 0 aliphatic rings. The molecule has 0 fully saturated rings. The average molecular weight is 341 g/mol. The molecule has 2 rings (SSSR count). The molecular weight excluding hydrogens is 318 g/mol. The summed E-state index contributed by atoms with van der Waals surface area (Å²) >= 11 is 0. The van der Waals surface area contributed by atoms with E-state index in [1.807, 2.05) is 60.7 Å². The second-order valence-corrected chi connectivity index (χ2v) is 5.77. The summed E-state index contributed by atoms with van der Waals surface area (Å²) < 4.78 is 5.55. The molecule has 0 radical (unpaired) electrons. The molecule has 25 heavy (non-hydrogen) atoms. The van der Waals surface area contributed by atoms with Gasteiger partial charge in [0.15, 0.2) is 0 Å². The number of hydrogen-bond donors (Lipinski definition) is 2. The minimum absolute atomic E-state index is 0.139. The maximum Gasteiger partial charge on any atom is 0.305 e. The van der Waals surface area contributed by atoms with Gasteiger partial charge in [0.25, 0.3) is 0 Å². The van der Waals surface area contributed by atoms with Crippen molar-refractivity contribution in [3.05, 3.63) is 71.8 Å². The van der Waals surface area contributed by atoms with Gasteiger partial charge in [0, 0.05) is 13.0 Å². The van der Waals surface area contributed by atoms with E-state index in [2.05, 4.69) is 5.32 Å². The van der Waals surface area contributed by atoms with Crippen molar-refractivity contribution < 1.29 is 19.4 Å². The maximum atomic E-state index is 12.1. The van der Waals surface area contributed by atoms with Gasteiger partial charge in [0.2, 0.25) is 5.91 Å². The van der Waals surface area contributed by atoms with Crippen LogP contribution in [0.2, 0.25) is 0 Å². The van der Waals surface area contributed by atoms with E-state index in [1.54, 1.807) is 0 Å². The number of aliphatic carboxylic acids is 1. The normalized spacial score (nSPS) is 11.7. The van der Waals surface area contributed by atoms with Crippen LogP contribution >= 0.6 is 0 Å². The zero-order chi connectivity index (χ0) is 17.9. The molecule has 0 heterocycles. The van der Waals surface area contributed by atoms with Gasteiger partial charge in [-0.1, -0.05) is 60.7 Å². The highest BCUT2D eigenvalue weighted by molar-refractivity contribution is 5.77. The van der Waals surface area contributed by atoms with Gasteiger partial charge >= 0.3 is 5.97 Å². The second kappa shape index (κ2) is 10.3. The lowest BCUT2D eigenvalue weighted by Crippen LogP contribution is -2.30. The van der Waals surface area contributed by atoms with Gasteiger partial charge in [-0.15, -0.1) is 0 Å². The molecule has 0 aliphatic carbocycles. The second-order valence-electron chi connectivity index (χ2n) is 5.77. The number of carbonyl (C=O) groups is 2. The van der Waals surface area contributed by atoms with Crippen molar-refractivity contribution in [2.45, 2.75) is 31.9 Å². The Kier molecular flexibility index (Phi) is 7.66. The van der Waals surface area contributed by atoms with Crippen molar-refractivity contribution in [2.24, 2.45) is 0 Å². The summed E-state index contributed by atoms with van der Waals surface area (Å²) in [5.74, 6) is -1.11. The number of amides is 1. The summed E-state index contributed by atoms with van der Waals surface area (Å²) in [5, 5.41) is 11.8. The monoisotopic (exact) mass is 341 g/mol. The van der Waals surface area contributed by atoms with Crippen LogP contribution in [-0.4, -0.2) is 23.6 Å². The number of rotatable bonds is 10. The summed E-state index contributed by atoms with van der Waals surface area (Å²) in [6.45, 7) is 1.01. The van der Waals surface area contributed by atoms with Crippen molar-refractivity contribution in [3.8, 4) is 0 Å². The van der Waals surface area contributed by atoms with Crippen molar-refractivity contribution in [3.63, 3.8) is 0 Å². The largest absolute Gasteiger partial charge is 0.481 e. The number of ether oxygens (including phenoxy) is 1. The van der Waals surface area contributed by atoms with Gasteiger partial charge in [-0.05, 0) is 17.5 Å². The quantitative estimate of drug-likeness (QED) is 0.650. The van der Waals surface area contributed by atoms with Gasteiger partial charge < -0.3 is 15.2 Å². The molecule has 0 saturated heterocycles. The van der Waals surface area contributed by atoms with Crippen LogP contribution in [0.5, 0.6) is 0 Å². The van der Waals surface area contributed by atoms with Gasteiger partial charge in [0.05, 0.1) is 19.1 Å². The number of benzene rings is 2. The van der Waals surface area contributed by atoms with Crippen LogP contribution < -0.4 is 5.32 Å². The topological polar surface area (TPSA) is 75.6 Å². The van der Waals surface area contributed by atoms with E-state index in [1.165, 1.54) is 0 Å². The Morgan fingerprint density at radius 3 is 2.28 bits per heavy atom. The first-order valence-electron chi connectivity index (χ1n) is 8.33. The fourth-order valence-electron chi connectivity index (χ4n) is 2.48. The number of carboxylic acids is 1. The van der Waals surface area contributed by atoms with E-state index in [0.717, 1.165) is 11.1 Å². The average Bonchev–Trinajstić information content (AvgIpc) is 2.62. The smallest absolute Gasteiger partial charge is 0.305 e. The maximum absolute atomic E-state index is 12.1. The summed E-state index contributed by atoms with van der Waals surface area (Å²) in [5.41, 5.74) is 1.89. The summed E-state index contributed by atoms with van der Waals surface area (Å²) in [7, 11) is 0. The Morgan fingerprint density at radius 1 is 1.00 bits per heavy atom. The van der Waals surface area contributed by atoms with E-state index >= 15 is 0 Å².